The Balaban J connectivity index is 2.45. The lowest BCUT2D eigenvalue weighted by Gasteiger charge is -2.18. The second-order valence-electron chi connectivity index (χ2n) is 2.28. The standard InChI is InChI=1S/C5H8Cl3NO/c1-3-2-9-4(10-3)5(6,7)8/h3-4,9H,2H2,1H3. The smallest absolute Gasteiger partial charge is 0.229 e. The van der Waals surface area contributed by atoms with Gasteiger partial charge in [0.25, 0.3) is 0 Å². The average Bonchev–Trinajstić information content (AvgIpc) is 2.11. The normalized spacial score (nSPS) is 34.8. The first-order valence-electron chi connectivity index (χ1n) is 2.95. The number of rotatable bonds is 0. The van der Waals surface area contributed by atoms with Gasteiger partial charge in [0.1, 0.15) is 0 Å². The van der Waals surface area contributed by atoms with E-state index in [-0.39, 0.29) is 6.10 Å². The van der Waals surface area contributed by atoms with Crippen LogP contribution in [0.2, 0.25) is 0 Å². The molecular weight excluding hydrogens is 196 g/mol. The fourth-order valence-corrected chi connectivity index (χ4v) is 1.18. The molecule has 1 N–H and O–H groups in total. The van der Waals surface area contributed by atoms with Crippen molar-refractivity contribution in [3.05, 3.63) is 0 Å². The maximum absolute atomic E-state index is 5.55. The second-order valence-corrected chi connectivity index (χ2v) is 4.65. The van der Waals surface area contributed by atoms with Crippen LogP contribution in [0.25, 0.3) is 0 Å². The van der Waals surface area contributed by atoms with Crippen LogP contribution in [0.15, 0.2) is 0 Å². The lowest BCUT2D eigenvalue weighted by Crippen LogP contribution is -2.35. The molecule has 0 aromatic carbocycles. The van der Waals surface area contributed by atoms with Crippen LogP contribution < -0.4 is 5.32 Å². The summed E-state index contributed by atoms with van der Waals surface area (Å²) in [5, 5.41) is 2.93. The summed E-state index contributed by atoms with van der Waals surface area (Å²) in [6, 6.07) is 0. The highest BCUT2D eigenvalue weighted by Crippen LogP contribution is 2.33. The highest BCUT2D eigenvalue weighted by molar-refractivity contribution is 6.68. The Hall–Kier alpha value is 0.790. The predicted octanol–water partition coefficient (Wildman–Crippen LogP) is 1.69. The van der Waals surface area contributed by atoms with Crippen LogP contribution in [0.5, 0.6) is 0 Å². The van der Waals surface area contributed by atoms with Gasteiger partial charge in [0.15, 0.2) is 6.23 Å². The van der Waals surface area contributed by atoms with E-state index in [1.165, 1.54) is 0 Å². The van der Waals surface area contributed by atoms with Crippen LogP contribution >= 0.6 is 34.8 Å². The van der Waals surface area contributed by atoms with Gasteiger partial charge in [-0.15, -0.1) is 0 Å². The lowest BCUT2D eigenvalue weighted by atomic mass is 10.4. The highest BCUT2D eigenvalue weighted by atomic mass is 35.6. The molecule has 1 heterocycles. The molecule has 1 aliphatic rings. The zero-order valence-electron chi connectivity index (χ0n) is 5.40. The first kappa shape index (κ1) is 8.88. The molecule has 0 bridgehead atoms. The van der Waals surface area contributed by atoms with Gasteiger partial charge in [-0.3, -0.25) is 5.32 Å². The maximum atomic E-state index is 5.55. The molecule has 60 valence electrons. The molecule has 1 saturated heterocycles. The third-order valence-electron chi connectivity index (χ3n) is 1.26. The summed E-state index contributed by atoms with van der Waals surface area (Å²) in [4.78, 5) is 0. The minimum Gasteiger partial charge on any atom is -0.355 e. The van der Waals surface area contributed by atoms with Crippen LogP contribution in [0, 0.1) is 0 Å². The van der Waals surface area contributed by atoms with Crippen molar-refractivity contribution in [2.45, 2.75) is 23.0 Å². The second kappa shape index (κ2) is 3.03. The average molecular weight is 204 g/mol. The molecule has 10 heavy (non-hydrogen) atoms. The molecule has 2 nitrogen and oxygen atoms in total. The van der Waals surface area contributed by atoms with Gasteiger partial charge < -0.3 is 4.74 Å². The van der Waals surface area contributed by atoms with E-state index in [9.17, 15) is 0 Å². The van der Waals surface area contributed by atoms with Gasteiger partial charge in [-0.2, -0.15) is 0 Å². The summed E-state index contributed by atoms with van der Waals surface area (Å²) in [5.41, 5.74) is 0. The monoisotopic (exact) mass is 203 g/mol. The third-order valence-corrected chi connectivity index (χ3v) is 1.85. The third kappa shape index (κ3) is 2.14. The van der Waals surface area contributed by atoms with E-state index in [0.29, 0.717) is 0 Å². The van der Waals surface area contributed by atoms with Crippen LogP contribution in [-0.2, 0) is 4.74 Å². The first-order valence-corrected chi connectivity index (χ1v) is 4.09. The van der Waals surface area contributed by atoms with Crippen LogP contribution in [0.1, 0.15) is 6.92 Å². The summed E-state index contributed by atoms with van der Waals surface area (Å²) in [5.74, 6) is 0. The Labute approximate surface area is 74.8 Å². The molecule has 2 atom stereocenters. The lowest BCUT2D eigenvalue weighted by molar-refractivity contribution is 0.0542. The molecule has 1 aliphatic heterocycles. The molecule has 0 aliphatic carbocycles. The quantitative estimate of drug-likeness (QED) is 0.607. The van der Waals surface area contributed by atoms with Crippen LogP contribution in [0.4, 0.5) is 0 Å². The minimum atomic E-state index is -1.36. The highest BCUT2D eigenvalue weighted by Gasteiger charge is 2.38. The van der Waals surface area contributed by atoms with Gasteiger partial charge in [0, 0.05) is 6.54 Å². The van der Waals surface area contributed by atoms with Gasteiger partial charge in [-0.05, 0) is 6.92 Å². The number of alkyl halides is 3. The zero-order chi connectivity index (χ0) is 7.78. The Morgan fingerprint density at radius 1 is 1.50 bits per heavy atom. The summed E-state index contributed by atoms with van der Waals surface area (Å²) >= 11 is 16.6. The fraction of sp³-hybridized carbons (Fsp3) is 1.00. The van der Waals surface area contributed by atoms with Crippen molar-refractivity contribution in [3.8, 4) is 0 Å². The molecule has 2 unspecified atom stereocenters. The van der Waals surface area contributed by atoms with Crippen LogP contribution in [-0.4, -0.2) is 22.7 Å². The largest absolute Gasteiger partial charge is 0.355 e. The van der Waals surface area contributed by atoms with Gasteiger partial charge in [-0.1, -0.05) is 34.8 Å². The number of hydrogen-bond acceptors (Lipinski definition) is 2. The molecule has 0 radical (unpaired) electrons. The van der Waals surface area contributed by atoms with E-state index in [2.05, 4.69) is 5.32 Å². The molecular formula is C5H8Cl3NO. The van der Waals surface area contributed by atoms with Crippen molar-refractivity contribution in [2.75, 3.05) is 6.54 Å². The molecule has 0 amide bonds. The van der Waals surface area contributed by atoms with E-state index >= 15 is 0 Å². The molecule has 0 aromatic heterocycles. The van der Waals surface area contributed by atoms with Crippen molar-refractivity contribution >= 4 is 34.8 Å². The van der Waals surface area contributed by atoms with E-state index in [1.54, 1.807) is 0 Å². The molecule has 1 fully saturated rings. The van der Waals surface area contributed by atoms with E-state index in [0.717, 1.165) is 6.54 Å². The maximum Gasteiger partial charge on any atom is 0.229 e. The summed E-state index contributed by atoms with van der Waals surface area (Å²) < 4.78 is 3.86. The SMILES string of the molecule is CC1CNC(C(Cl)(Cl)Cl)O1. The van der Waals surface area contributed by atoms with Crippen molar-refractivity contribution in [1.82, 2.24) is 5.32 Å². The molecule has 0 spiro atoms. The van der Waals surface area contributed by atoms with Gasteiger partial charge >= 0.3 is 0 Å². The Morgan fingerprint density at radius 3 is 2.30 bits per heavy atom. The van der Waals surface area contributed by atoms with E-state index in [4.69, 9.17) is 39.5 Å². The fourth-order valence-electron chi connectivity index (χ4n) is 0.794. The van der Waals surface area contributed by atoms with Crippen molar-refractivity contribution in [2.24, 2.45) is 0 Å². The number of halogens is 3. The molecule has 5 heteroatoms. The van der Waals surface area contributed by atoms with E-state index in [1.807, 2.05) is 6.92 Å². The van der Waals surface area contributed by atoms with Crippen molar-refractivity contribution < 1.29 is 4.74 Å². The first-order chi connectivity index (χ1) is 4.50. The molecule has 0 aromatic rings. The van der Waals surface area contributed by atoms with Gasteiger partial charge in [-0.25, -0.2) is 0 Å². The van der Waals surface area contributed by atoms with E-state index < -0.39 is 10.0 Å². The minimum absolute atomic E-state index is 0.126. The Bertz CT molecular complexity index is 125. The Morgan fingerprint density at radius 2 is 2.10 bits per heavy atom. The topological polar surface area (TPSA) is 21.3 Å². The summed E-state index contributed by atoms with van der Waals surface area (Å²) in [6.07, 6.45) is -0.340. The molecule has 1 rings (SSSR count). The number of ether oxygens (including phenoxy) is 1. The number of hydrogen-bond donors (Lipinski definition) is 1. The van der Waals surface area contributed by atoms with Crippen LogP contribution in [0.3, 0.4) is 0 Å². The Kier molecular flexibility index (Phi) is 2.69. The molecule has 0 saturated carbocycles. The summed E-state index contributed by atoms with van der Waals surface area (Å²) in [6.45, 7) is 2.65. The van der Waals surface area contributed by atoms with Gasteiger partial charge in [0.2, 0.25) is 3.79 Å². The van der Waals surface area contributed by atoms with Gasteiger partial charge in [0.05, 0.1) is 6.10 Å². The summed E-state index contributed by atoms with van der Waals surface area (Å²) in [7, 11) is 0. The number of nitrogens with one attached hydrogen (secondary N) is 1. The van der Waals surface area contributed by atoms with Crippen molar-refractivity contribution in [3.63, 3.8) is 0 Å². The van der Waals surface area contributed by atoms with Crippen molar-refractivity contribution in [1.29, 1.82) is 0 Å². The zero-order valence-corrected chi connectivity index (χ0v) is 7.67. The predicted molar refractivity (Wildman–Crippen MR) is 42.6 cm³/mol.